The number of carbonyl (C=O) groups excluding carboxylic acids is 1. The van der Waals surface area contributed by atoms with Crippen LogP contribution >= 0.6 is 15.9 Å². The highest BCUT2D eigenvalue weighted by Crippen LogP contribution is 2.16. The molecule has 0 radical (unpaired) electrons. The maximum atomic E-state index is 12.2. The smallest absolute Gasteiger partial charge is 0.266 e. The van der Waals surface area contributed by atoms with Crippen LogP contribution in [0.5, 0.6) is 0 Å². The van der Waals surface area contributed by atoms with Crippen LogP contribution in [0.3, 0.4) is 0 Å². The van der Waals surface area contributed by atoms with Gasteiger partial charge in [-0.2, -0.15) is 5.26 Å². The molecule has 0 heterocycles. The second-order valence-corrected chi connectivity index (χ2v) is 5.41. The van der Waals surface area contributed by atoms with E-state index in [2.05, 4.69) is 21.2 Å². The summed E-state index contributed by atoms with van der Waals surface area (Å²) >= 11 is 3.34. The van der Waals surface area contributed by atoms with Crippen molar-refractivity contribution in [2.75, 3.05) is 5.32 Å². The Morgan fingerprint density at radius 3 is 2.48 bits per heavy atom. The van der Waals surface area contributed by atoms with Crippen molar-refractivity contribution in [2.24, 2.45) is 0 Å². The Bertz CT molecular complexity index is 727. The van der Waals surface area contributed by atoms with Crippen LogP contribution in [0.1, 0.15) is 11.1 Å². The van der Waals surface area contributed by atoms with E-state index >= 15 is 0 Å². The minimum Gasteiger partial charge on any atom is -0.321 e. The van der Waals surface area contributed by atoms with Gasteiger partial charge in [-0.05, 0) is 42.3 Å². The minimum atomic E-state index is -0.408. The van der Waals surface area contributed by atoms with Crippen LogP contribution < -0.4 is 5.32 Å². The summed E-state index contributed by atoms with van der Waals surface area (Å²) in [7, 11) is 0. The number of anilines is 1. The standard InChI is InChI=1S/C17H13BrN2O/c1-12-4-2-3-5-16(12)20-17(21)14(11-19)10-13-6-8-15(18)9-7-13/h2-10H,1H3,(H,20,21). The second-order valence-electron chi connectivity index (χ2n) is 4.49. The summed E-state index contributed by atoms with van der Waals surface area (Å²) in [4.78, 5) is 12.2. The molecule has 0 saturated carbocycles. The van der Waals surface area contributed by atoms with Crippen molar-refractivity contribution in [3.63, 3.8) is 0 Å². The SMILES string of the molecule is Cc1ccccc1NC(=O)C(C#N)=Cc1ccc(Br)cc1. The Morgan fingerprint density at radius 1 is 1.19 bits per heavy atom. The van der Waals surface area contributed by atoms with Crippen molar-refractivity contribution >= 4 is 33.6 Å². The summed E-state index contributed by atoms with van der Waals surface area (Å²) in [5.41, 5.74) is 2.53. The van der Waals surface area contributed by atoms with Gasteiger partial charge in [-0.15, -0.1) is 0 Å². The van der Waals surface area contributed by atoms with E-state index in [1.807, 2.05) is 61.5 Å². The highest BCUT2D eigenvalue weighted by Gasteiger charge is 2.10. The summed E-state index contributed by atoms with van der Waals surface area (Å²) in [6.45, 7) is 1.90. The summed E-state index contributed by atoms with van der Waals surface area (Å²) in [5.74, 6) is -0.408. The molecule has 0 aliphatic rings. The molecule has 0 unspecified atom stereocenters. The van der Waals surface area contributed by atoms with Crippen LogP contribution in [0.4, 0.5) is 5.69 Å². The fourth-order valence-electron chi connectivity index (χ4n) is 1.78. The van der Waals surface area contributed by atoms with Crippen LogP contribution in [0.25, 0.3) is 6.08 Å². The maximum absolute atomic E-state index is 12.2. The van der Waals surface area contributed by atoms with Crippen molar-refractivity contribution in [3.05, 3.63) is 69.7 Å². The van der Waals surface area contributed by atoms with Crippen molar-refractivity contribution in [2.45, 2.75) is 6.92 Å². The molecule has 0 atom stereocenters. The average Bonchev–Trinajstić information content (AvgIpc) is 2.49. The molecule has 1 amide bonds. The molecule has 0 fully saturated rings. The molecule has 104 valence electrons. The monoisotopic (exact) mass is 340 g/mol. The van der Waals surface area contributed by atoms with E-state index in [0.717, 1.165) is 15.6 Å². The number of aryl methyl sites for hydroxylation is 1. The first kappa shape index (κ1) is 15.0. The molecule has 0 aromatic heterocycles. The van der Waals surface area contributed by atoms with E-state index < -0.39 is 5.91 Å². The third-order valence-electron chi connectivity index (χ3n) is 2.94. The third kappa shape index (κ3) is 4.04. The molecule has 2 rings (SSSR count). The lowest BCUT2D eigenvalue weighted by Crippen LogP contribution is -2.14. The lowest BCUT2D eigenvalue weighted by Gasteiger charge is -2.07. The number of hydrogen-bond acceptors (Lipinski definition) is 2. The number of para-hydroxylation sites is 1. The van der Waals surface area contributed by atoms with E-state index in [0.29, 0.717) is 5.69 Å². The van der Waals surface area contributed by atoms with Crippen LogP contribution in [-0.4, -0.2) is 5.91 Å². The molecule has 0 bridgehead atoms. The zero-order valence-electron chi connectivity index (χ0n) is 11.4. The average molecular weight is 341 g/mol. The summed E-state index contributed by atoms with van der Waals surface area (Å²) < 4.78 is 0.947. The third-order valence-corrected chi connectivity index (χ3v) is 3.47. The van der Waals surface area contributed by atoms with Crippen LogP contribution in [0, 0.1) is 18.3 Å². The number of amides is 1. The number of benzene rings is 2. The van der Waals surface area contributed by atoms with Gasteiger partial charge in [0.05, 0.1) is 0 Å². The largest absolute Gasteiger partial charge is 0.321 e. The molecule has 21 heavy (non-hydrogen) atoms. The zero-order chi connectivity index (χ0) is 15.2. The van der Waals surface area contributed by atoms with Crippen molar-refractivity contribution < 1.29 is 4.79 Å². The predicted octanol–water partition coefficient (Wildman–Crippen LogP) is 4.30. The Kier molecular flexibility index (Phi) is 4.91. The topological polar surface area (TPSA) is 52.9 Å². The van der Waals surface area contributed by atoms with Crippen LogP contribution in [0.2, 0.25) is 0 Å². The number of nitrogens with zero attached hydrogens (tertiary/aromatic N) is 1. The van der Waals surface area contributed by atoms with Crippen LogP contribution in [-0.2, 0) is 4.79 Å². The van der Waals surface area contributed by atoms with E-state index in [-0.39, 0.29) is 5.57 Å². The molecule has 0 aliphatic heterocycles. The lowest BCUT2D eigenvalue weighted by atomic mass is 10.1. The molecule has 2 aromatic carbocycles. The van der Waals surface area contributed by atoms with E-state index in [9.17, 15) is 10.1 Å². The molecule has 0 saturated heterocycles. The van der Waals surface area contributed by atoms with Gasteiger partial charge in [0.15, 0.2) is 0 Å². The summed E-state index contributed by atoms with van der Waals surface area (Å²) in [5, 5.41) is 11.9. The Balaban J connectivity index is 2.21. The first-order valence-electron chi connectivity index (χ1n) is 6.34. The van der Waals surface area contributed by atoms with Gasteiger partial charge >= 0.3 is 0 Å². The Morgan fingerprint density at radius 2 is 1.86 bits per heavy atom. The molecule has 1 N–H and O–H groups in total. The molecule has 0 spiro atoms. The summed E-state index contributed by atoms with van der Waals surface area (Å²) in [6.07, 6.45) is 1.57. The number of nitrogens with one attached hydrogen (secondary N) is 1. The second kappa shape index (κ2) is 6.87. The molecular weight excluding hydrogens is 328 g/mol. The van der Waals surface area contributed by atoms with Gasteiger partial charge in [-0.1, -0.05) is 46.3 Å². The van der Waals surface area contributed by atoms with Crippen molar-refractivity contribution in [3.8, 4) is 6.07 Å². The number of nitriles is 1. The van der Waals surface area contributed by atoms with Crippen molar-refractivity contribution in [1.82, 2.24) is 0 Å². The van der Waals surface area contributed by atoms with Gasteiger partial charge in [0, 0.05) is 10.2 Å². The lowest BCUT2D eigenvalue weighted by molar-refractivity contribution is -0.112. The van der Waals surface area contributed by atoms with E-state index in [1.165, 1.54) is 0 Å². The highest BCUT2D eigenvalue weighted by molar-refractivity contribution is 9.10. The molecule has 2 aromatic rings. The number of hydrogen-bond donors (Lipinski definition) is 1. The molecule has 0 aliphatic carbocycles. The first-order chi connectivity index (χ1) is 10.1. The fraction of sp³-hybridized carbons (Fsp3) is 0.0588. The van der Waals surface area contributed by atoms with Gasteiger partial charge < -0.3 is 5.32 Å². The predicted molar refractivity (Wildman–Crippen MR) is 87.5 cm³/mol. The number of carbonyl (C=O) groups is 1. The maximum Gasteiger partial charge on any atom is 0.266 e. The quantitative estimate of drug-likeness (QED) is 0.668. The summed E-state index contributed by atoms with van der Waals surface area (Å²) in [6, 6.07) is 16.8. The Labute approximate surface area is 132 Å². The van der Waals surface area contributed by atoms with Gasteiger partial charge in [-0.3, -0.25) is 4.79 Å². The normalized spacial score (nSPS) is 10.8. The van der Waals surface area contributed by atoms with Gasteiger partial charge in [0.2, 0.25) is 0 Å². The molecule has 4 heteroatoms. The highest BCUT2D eigenvalue weighted by atomic mass is 79.9. The first-order valence-corrected chi connectivity index (χ1v) is 7.14. The van der Waals surface area contributed by atoms with Gasteiger partial charge in [-0.25, -0.2) is 0 Å². The molecular formula is C17H13BrN2O. The fourth-order valence-corrected chi connectivity index (χ4v) is 2.04. The van der Waals surface area contributed by atoms with Crippen LogP contribution in [0.15, 0.2) is 58.6 Å². The zero-order valence-corrected chi connectivity index (χ0v) is 13.0. The van der Waals surface area contributed by atoms with E-state index in [4.69, 9.17) is 0 Å². The number of rotatable bonds is 3. The number of halogens is 1. The van der Waals surface area contributed by atoms with Gasteiger partial charge in [0.25, 0.3) is 5.91 Å². The van der Waals surface area contributed by atoms with Gasteiger partial charge in [0.1, 0.15) is 11.6 Å². The van der Waals surface area contributed by atoms with E-state index in [1.54, 1.807) is 6.08 Å². The minimum absolute atomic E-state index is 0.0700. The Hall–Kier alpha value is -2.38. The molecule has 3 nitrogen and oxygen atoms in total. The van der Waals surface area contributed by atoms with Crippen molar-refractivity contribution in [1.29, 1.82) is 5.26 Å².